The summed E-state index contributed by atoms with van der Waals surface area (Å²) in [6.07, 6.45) is 6.14. The highest BCUT2D eigenvalue weighted by Crippen LogP contribution is 2.13. The minimum Gasteiger partial charge on any atom is -0.381 e. The van der Waals surface area contributed by atoms with Crippen LogP contribution < -0.4 is 5.32 Å². The molecule has 1 atom stereocenters. The van der Waals surface area contributed by atoms with Gasteiger partial charge >= 0.3 is 0 Å². The van der Waals surface area contributed by atoms with Crippen LogP contribution in [0.1, 0.15) is 18.4 Å². The summed E-state index contributed by atoms with van der Waals surface area (Å²) in [4.78, 5) is 6.54. The second-order valence-corrected chi connectivity index (χ2v) is 5.72. The van der Waals surface area contributed by atoms with Gasteiger partial charge in [-0.25, -0.2) is 0 Å². The van der Waals surface area contributed by atoms with Crippen molar-refractivity contribution in [3.8, 4) is 0 Å². The van der Waals surface area contributed by atoms with Crippen LogP contribution in [0.2, 0.25) is 0 Å². The van der Waals surface area contributed by atoms with Gasteiger partial charge in [-0.1, -0.05) is 0 Å². The van der Waals surface area contributed by atoms with Crippen LogP contribution in [0.15, 0.2) is 17.4 Å². The summed E-state index contributed by atoms with van der Waals surface area (Å²) >= 11 is 0. The van der Waals surface area contributed by atoms with Crippen LogP contribution >= 0.6 is 0 Å². The Bertz CT molecular complexity index is 451. The maximum atomic E-state index is 5.42. The molecule has 1 aliphatic heterocycles. The maximum absolute atomic E-state index is 5.42. The van der Waals surface area contributed by atoms with E-state index in [9.17, 15) is 0 Å². The number of aromatic nitrogens is 2. The molecule has 2 heterocycles. The Labute approximate surface area is 127 Å². The smallest absolute Gasteiger partial charge is 0.193 e. The van der Waals surface area contributed by atoms with Gasteiger partial charge < -0.3 is 15.0 Å². The molecule has 1 aromatic rings. The summed E-state index contributed by atoms with van der Waals surface area (Å²) in [7, 11) is 3.92. The lowest BCUT2D eigenvalue weighted by molar-refractivity contribution is 0.181. The Kier molecular flexibility index (Phi) is 6.04. The quantitative estimate of drug-likeness (QED) is 0.485. The summed E-state index contributed by atoms with van der Waals surface area (Å²) in [5.74, 6) is 1.58. The third-order valence-electron chi connectivity index (χ3n) is 3.74. The number of nitrogens with one attached hydrogen (secondary N) is 1. The van der Waals surface area contributed by atoms with E-state index in [2.05, 4.69) is 40.5 Å². The SMILES string of the molecule is CN=C(NCCCn1cc(C)cn1)N(C)CC1CCOC1. The second kappa shape index (κ2) is 8.02. The van der Waals surface area contributed by atoms with Crippen LogP contribution in [-0.2, 0) is 11.3 Å². The molecular weight excluding hydrogens is 266 g/mol. The first-order chi connectivity index (χ1) is 10.2. The number of nitrogens with zero attached hydrogens (tertiary/aromatic N) is 4. The van der Waals surface area contributed by atoms with E-state index in [-0.39, 0.29) is 0 Å². The van der Waals surface area contributed by atoms with Crippen molar-refractivity contribution in [3.05, 3.63) is 18.0 Å². The van der Waals surface area contributed by atoms with Crippen LogP contribution in [0.25, 0.3) is 0 Å². The molecule has 6 heteroatoms. The second-order valence-electron chi connectivity index (χ2n) is 5.72. The summed E-state index contributed by atoms with van der Waals surface area (Å²) < 4.78 is 7.41. The molecule has 1 saturated heterocycles. The highest BCUT2D eigenvalue weighted by molar-refractivity contribution is 5.79. The average molecular weight is 293 g/mol. The lowest BCUT2D eigenvalue weighted by Crippen LogP contribution is -2.41. The normalized spacial score (nSPS) is 19.0. The van der Waals surface area contributed by atoms with E-state index in [0.29, 0.717) is 5.92 Å². The van der Waals surface area contributed by atoms with Crippen LogP contribution in [0.5, 0.6) is 0 Å². The summed E-state index contributed by atoms with van der Waals surface area (Å²) in [6.45, 7) is 6.66. The third-order valence-corrected chi connectivity index (χ3v) is 3.74. The third kappa shape index (κ3) is 5.04. The van der Waals surface area contributed by atoms with Gasteiger partial charge in [0.25, 0.3) is 0 Å². The molecule has 0 amide bonds. The zero-order chi connectivity index (χ0) is 15.1. The number of ether oxygens (including phenoxy) is 1. The van der Waals surface area contributed by atoms with Gasteiger partial charge in [0.1, 0.15) is 0 Å². The number of guanidine groups is 1. The highest BCUT2D eigenvalue weighted by Gasteiger charge is 2.18. The first kappa shape index (κ1) is 15.8. The van der Waals surface area contributed by atoms with Gasteiger partial charge in [0.2, 0.25) is 0 Å². The zero-order valence-corrected chi connectivity index (χ0v) is 13.4. The van der Waals surface area contributed by atoms with Gasteiger partial charge in [-0.2, -0.15) is 5.10 Å². The Morgan fingerprint density at radius 1 is 1.62 bits per heavy atom. The molecule has 0 spiro atoms. The Morgan fingerprint density at radius 3 is 3.10 bits per heavy atom. The van der Waals surface area contributed by atoms with Crippen molar-refractivity contribution in [1.82, 2.24) is 20.0 Å². The molecule has 2 rings (SSSR count). The number of aryl methyl sites for hydroxylation is 2. The molecular formula is C15H27N5O. The van der Waals surface area contributed by atoms with Crippen molar-refractivity contribution < 1.29 is 4.74 Å². The van der Waals surface area contributed by atoms with E-state index >= 15 is 0 Å². The predicted octanol–water partition coefficient (Wildman–Crippen LogP) is 1.13. The molecule has 1 fully saturated rings. The minimum absolute atomic E-state index is 0.626. The molecule has 6 nitrogen and oxygen atoms in total. The Balaban J connectivity index is 1.67. The van der Waals surface area contributed by atoms with Gasteiger partial charge in [-0.05, 0) is 25.3 Å². The molecule has 21 heavy (non-hydrogen) atoms. The Morgan fingerprint density at radius 2 is 2.48 bits per heavy atom. The molecule has 0 saturated carbocycles. The van der Waals surface area contributed by atoms with Crippen molar-refractivity contribution in [3.63, 3.8) is 0 Å². The zero-order valence-electron chi connectivity index (χ0n) is 13.4. The molecule has 1 N–H and O–H groups in total. The molecule has 0 aliphatic carbocycles. The van der Waals surface area contributed by atoms with Gasteiger partial charge in [-0.3, -0.25) is 9.67 Å². The molecule has 1 aromatic heterocycles. The number of aliphatic imine (C=N–C) groups is 1. The number of rotatable bonds is 6. The fraction of sp³-hybridized carbons (Fsp3) is 0.733. The van der Waals surface area contributed by atoms with E-state index in [1.165, 1.54) is 5.56 Å². The maximum Gasteiger partial charge on any atom is 0.193 e. The predicted molar refractivity (Wildman–Crippen MR) is 84.5 cm³/mol. The van der Waals surface area contributed by atoms with Gasteiger partial charge in [0, 0.05) is 52.5 Å². The van der Waals surface area contributed by atoms with E-state index in [0.717, 1.165) is 51.6 Å². The fourth-order valence-corrected chi connectivity index (χ4v) is 2.62. The molecule has 1 aliphatic rings. The van der Waals surface area contributed by atoms with Crippen LogP contribution in [0.4, 0.5) is 0 Å². The molecule has 0 aromatic carbocycles. The number of hydrogen-bond acceptors (Lipinski definition) is 3. The lowest BCUT2D eigenvalue weighted by Gasteiger charge is -2.24. The topological polar surface area (TPSA) is 54.7 Å². The lowest BCUT2D eigenvalue weighted by atomic mass is 10.1. The van der Waals surface area contributed by atoms with Crippen molar-refractivity contribution >= 4 is 5.96 Å². The molecule has 118 valence electrons. The highest BCUT2D eigenvalue weighted by atomic mass is 16.5. The van der Waals surface area contributed by atoms with E-state index in [1.54, 1.807) is 0 Å². The molecule has 0 bridgehead atoms. The van der Waals surface area contributed by atoms with E-state index < -0.39 is 0 Å². The fourth-order valence-electron chi connectivity index (χ4n) is 2.62. The van der Waals surface area contributed by atoms with Gasteiger partial charge in [0.15, 0.2) is 5.96 Å². The summed E-state index contributed by atoms with van der Waals surface area (Å²) in [6, 6.07) is 0. The molecule has 0 radical (unpaired) electrons. The van der Waals surface area contributed by atoms with Crippen LogP contribution in [0, 0.1) is 12.8 Å². The largest absolute Gasteiger partial charge is 0.381 e. The minimum atomic E-state index is 0.626. The van der Waals surface area contributed by atoms with Crippen molar-refractivity contribution in [1.29, 1.82) is 0 Å². The standard InChI is InChI=1S/C15H27N5O/c1-13-9-18-20(10-13)7-4-6-17-15(16-2)19(3)11-14-5-8-21-12-14/h9-10,14H,4-8,11-12H2,1-3H3,(H,16,17). The summed E-state index contributed by atoms with van der Waals surface area (Å²) in [5, 5.41) is 7.70. The van der Waals surface area contributed by atoms with Crippen molar-refractivity contribution in [2.24, 2.45) is 10.9 Å². The van der Waals surface area contributed by atoms with Crippen LogP contribution in [0.3, 0.4) is 0 Å². The first-order valence-electron chi connectivity index (χ1n) is 7.67. The van der Waals surface area contributed by atoms with Crippen LogP contribution in [-0.4, -0.2) is 61.0 Å². The number of hydrogen-bond donors (Lipinski definition) is 1. The first-order valence-corrected chi connectivity index (χ1v) is 7.67. The van der Waals surface area contributed by atoms with Gasteiger partial charge in [0.05, 0.1) is 12.8 Å². The van der Waals surface area contributed by atoms with Crippen molar-refractivity contribution in [2.75, 3.05) is 40.4 Å². The summed E-state index contributed by atoms with van der Waals surface area (Å²) in [5.41, 5.74) is 1.21. The van der Waals surface area contributed by atoms with E-state index in [4.69, 9.17) is 4.74 Å². The molecule has 1 unspecified atom stereocenters. The monoisotopic (exact) mass is 293 g/mol. The van der Waals surface area contributed by atoms with Gasteiger partial charge in [-0.15, -0.1) is 0 Å². The Hall–Kier alpha value is -1.56. The van der Waals surface area contributed by atoms with Crippen molar-refractivity contribution in [2.45, 2.75) is 26.3 Å². The van der Waals surface area contributed by atoms with E-state index in [1.807, 2.05) is 17.9 Å². The average Bonchev–Trinajstić information content (AvgIpc) is 3.10.